The van der Waals surface area contributed by atoms with Gasteiger partial charge >= 0.3 is 0 Å². The minimum Gasteiger partial charge on any atom is -0.497 e. The van der Waals surface area contributed by atoms with Crippen molar-refractivity contribution in [2.45, 2.75) is 13.3 Å². The number of halogens is 1. The van der Waals surface area contributed by atoms with Crippen LogP contribution in [0.25, 0.3) is 11.0 Å². The topological polar surface area (TPSA) is 51.5 Å². The molecular formula is C19H18FNO3. The van der Waals surface area contributed by atoms with Gasteiger partial charge in [0, 0.05) is 17.5 Å². The third kappa shape index (κ3) is 3.25. The molecule has 0 fully saturated rings. The molecule has 0 atom stereocenters. The summed E-state index contributed by atoms with van der Waals surface area (Å²) >= 11 is 0. The zero-order valence-electron chi connectivity index (χ0n) is 13.6. The number of hydrogen-bond donors (Lipinski definition) is 1. The number of hydrogen-bond acceptors (Lipinski definition) is 3. The first kappa shape index (κ1) is 16.1. The maximum atomic E-state index is 13.3. The van der Waals surface area contributed by atoms with E-state index in [-0.39, 0.29) is 17.5 Å². The van der Waals surface area contributed by atoms with Crippen LogP contribution in [0.2, 0.25) is 0 Å². The molecule has 0 radical (unpaired) electrons. The molecule has 0 aliphatic rings. The van der Waals surface area contributed by atoms with Crippen molar-refractivity contribution in [3.8, 4) is 5.75 Å². The van der Waals surface area contributed by atoms with Crippen molar-refractivity contribution in [1.82, 2.24) is 5.32 Å². The highest BCUT2D eigenvalue weighted by Gasteiger charge is 2.17. The van der Waals surface area contributed by atoms with E-state index in [9.17, 15) is 9.18 Å². The van der Waals surface area contributed by atoms with Crippen molar-refractivity contribution in [2.75, 3.05) is 13.7 Å². The first-order chi connectivity index (χ1) is 11.6. The Morgan fingerprint density at radius 1 is 1.21 bits per heavy atom. The van der Waals surface area contributed by atoms with Crippen LogP contribution in [0.4, 0.5) is 4.39 Å². The lowest BCUT2D eigenvalue weighted by Crippen LogP contribution is -2.25. The summed E-state index contributed by atoms with van der Waals surface area (Å²) in [6.07, 6.45) is 0.698. The third-order valence-electron chi connectivity index (χ3n) is 3.96. The fourth-order valence-electron chi connectivity index (χ4n) is 2.60. The van der Waals surface area contributed by atoms with Gasteiger partial charge in [-0.25, -0.2) is 4.39 Å². The van der Waals surface area contributed by atoms with E-state index in [2.05, 4.69) is 5.32 Å². The number of rotatable bonds is 5. The molecule has 0 unspecified atom stereocenters. The number of ether oxygens (including phenoxy) is 1. The largest absolute Gasteiger partial charge is 0.497 e. The Balaban J connectivity index is 1.65. The van der Waals surface area contributed by atoms with Crippen LogP contribution in [-0.4, -0.2) is 19.6 Å². The second-order valence-electron chi connectivity index (χ2n) is 5.55. The van der Waals surface area contributed by atoms with E-state index in [0.717, 1.165) is 11.3 Å². The number of amides is 1. The molecule has 0 bridgehead atoms. The molecule has 3 rings (SSSR count). The van der Waals surface area contributed by atoms with Crippen LogP contribution in [-0.2, 0) is 6.42 Å². The zero-order chi connectivity index (χ0) is 17.1. The molecule has 5 heteroatoms. The van der Waals surface area contributed by atoms with Crippen LogP contribution < -0.4 is 10.1 Å². The molecule has 1 heterocycles. The van der Waals surface area contributed by atoms with E-state index < -0.39 is 0 Å². The molecule has 0 aliphatic heterocycles. The van der Waals surface area contributed by atoms with Crippen LogP contribution in [0, 0.1) is 12.7 Å². The first-order valence-corrected chi connectivity index (χ1v) is 7.68. The number of furan rings is 1. The molecule has 24 heavy (non-hydrogen) atoms. The minimum absolute atomic E-state index is 0.227. The SMILES string of the molecule is COc1ccc(CCNC(=O)c2oc3ccc(F)cc3c2C)cc1. The van der Waals surface area contributed by atoms with Gasteiger partial charge in [-0.15, -0.1) is 0 Å². The summed E-state index contributed by atoms with van der Waals surface area (Å²) < 4.78 is 24.0. The quantitative estimate of drug-likeness (QED) is 0.774. The second-order valence-corrected chi connectivity index (χ2v) is 5.55. The molecule has 0 saturated heterocycles. The number of aryl methyl sites for hydroxylation is 1. The smallest absolute Gasteiger partial charge is 0.287 e. The molecule has 0 spiro atoms. The van der Waals surface area contributed by atoms with E-state index >= 15 is 0 Å². The molecule has 3 aromatic rings. The summed E-state index contributed by atoms with van der Waals surface area (Å²) in [6.45, 7) is 2.24. The van der Waals surface area contributed by atoms with Gasteiger partial charge in [0.05, 0.1) is 7.11 Å². The fourth-order valence-corrected chi connectivity index (χ4v) is 2.60. The third-order valence-corrected chi connectivity index (χ3v) is 3.96. The lowest BCUT2D eigenvalue weighted by Gasteiger charge is -2.05. The average molecular weight is 327 g/mol. The molecule has 124 valence electrons. The zero-order valence-corrected chi connectivity index (χ0v) is 13.6. The summed E-state index contributed by atoms with van der Waals surface area (Å²) in [6, 6.07) is 11.9. The maximum absolute atomic E-state index is 13.3. The van der Waals surface area contributed by atoms with Gasteiger partial charge in [0.2, 0.25) is 0 Å². The van der Waals surface area contributed by atoms with Crippen LogP contribution in [0.15, 0.2) is 46.9 Å². The number of fused-ring (bicyclic) bond motifs is 1. The van der Waals surface area contributed by atoms with Crippen molar-refractivity contribution in [2.24, 2.45) is 0 Å². The Labute approximate surface area is 139 Å². The monoisotopic (exact) mass is 327 g/mol. The van der Waals surface area contributed by atoms with Gasteiger partial charge < -0.3 is 14.5 Å². The summed E-state index contributed by atoms with van der Waals surface area (Å²) in [5.74, 6) is 0.383. The van der Waals surface area contributed by atoms with Gasteiger partial charge in [-0.2, -0.15) is 0 Å². The van der Waals surface area contributed by atoms with E-state index in [4.69, 9.17) is 9.15 Å². The Kier molecular flexibility index (Phi) is 4.51. The molecule has 0 saturated carbocycles. The van der Waals surface area contributed by atoms with Gasteiger partial charge in [-0.05, 0) is 49.2 Å². The van der Waals surface area contributed by atoms with E-state index in [0.29, 0.717) is 29.5 Å². The molecule has 4 nitrogen and oxygen atoms in total. The Hall–Kier alpha value is -2.82. The van der Waals surface area contributed by atoms with Gasteiger partial charge in [0.1, 0.15) is 17.1 Å². The molecule has 1 aromatic heterocycles. The molecule has 2 aromatic carbocycles. The van der Waals surface area contributed by atoms with E-state index in [1.165, 1.54) is 18.2 Å². The van der Waals surface area contributed by atoms with E-state index in [1.807, 2.05) is 24.3 Å². The Bertz CT molecular complexity index is 868. The summed E-state index contributed by atoms with van der Waals surface area (Å²) in [5.41, 5.74) is 2.25. The lowest BCUT2D eigenvalue weighted by atomic mass is 10.1. The molecule has 1 amide bonds. The highest BCUT2D eigenvalue weighted by atomic mass is 19.1. The van der Waals surface area contributed by atoms with E-state index in [1.54, 1.807) is 14.0 Å². The van der Waals surface area contributed by atoms with Crippen molar-refractivity contribution in [1.29, 1.82) is 0 Å². The predicted octanol–water partition coefficient (Wildman–Crippen LogP) is 3.86. The second kappa shape index (κ2) is 6.74. The van der Waals surface area contributed by atoms with Gasteiger partial charge in [0.15, 0.2) is 5.76 Å². The molecule has 0 aliphatic carbocycles. The molecule has 1 N–H and O–H groups in total. The standard InChI is InChI=1S/C19H18FNO3/c1-12-16-11-14(20)5-8-17(16)24-18(12)19(22)21-10-9-13-3-6-15(23-2)7-4-13/h3-8,11H,9-10H2,1-2H3,(H,21,22). The molecular weight excluding hydrogens is 309 g/mol. The van der Waals surface area contributed by atoms with Crippen LogP contribution in [0.5, 0.6) is 5.75 Å². The normalized spacial score (nSPS) is 10.8. The summed E-state index contributed by atoms with van der Waals surface area (Å²) in [7, 11) is 1.62. The van der Waals surface area contributed by atoms with Crippen molar-refractivity contribution < 1.29 is 18.3 Å². The highest BCUT2D eigenvalue weighted by Crippen LogP contribution is 2.25. The lowest BCUT2D eigenvalue weighted by molar-refractivity contribution is 0.0928. The number of nitrogens with one attached hydrogen (secondary N) is 1. The maximum Gasteiger partial charge on any atom is 0.287 e. The Morgan fingerprint density at radius 3 is 2.67 bits per heavy atom. The number of benzene rings is 2. The van der Waals surface area contributed by atoms with Crippen molar-refractivity contribution >= 4 is 16.9 Å². The van der Waals surface area contributed by atoms with Crippen LogP contribution >= 0.6 is 0 Å². The fraction of sp³-hybridized carbons (Fsp3) is 0.211. The predicted molar refractivity (Wildman–Crippen MR) is 89.9 cm³/mol. The Morgan fingerprint density at radius 2 is 1.96 bits per heavy atom. The average Bonchev–Trinajstić information content (AvgIpc) is 2.92. The van der Waals surface area contributed by atoms with Crippen LogP contribution in [0.3, 0.4) is 0 Å². The summed E-state index contributed by atoms with van der Waals surface area (Å²) in [4.78, 5) is 12.3. The van der Waals surface area contributed by atoms with Gasteiger partial charge in [-0.1, -0.05) is 12.1 Å². The number of methoxy groups -OCH3 is 1. The number of carbonyl (C=O) groups excluding carboxylic acids is 1. The van der Waals surface area contributed by atoms with Gasteiger partial charge in [-0.3, -0.25) is 4.79 Å². The van der Waals surface area contributed by atoms with Crippen molar-refractivity contribution in [3.63, 3.8) is 0 Å². The highest BCUT2D eigenvalue weighted by molar-refractivity contribution is 5.98. The minimum atomic E-state index is -0.349. The van der Waals surface area contributed by atoms with Crippen molar-refractivity contribution in [3.05, 3.63) is 65.2 Å². The first-order valence-electron chi connectivity index (χ1n) is 7.68. The number of carbonyl (C=O) groups is 1. The summed E-state index contributed by atoms with van der Waals surface area (Å²) in [5, 5.41) is 3.46. The van der Waals surface area contributed by atoms with Crippen LogP contribution in [0.1, 0.15) is 21.7 Å². The van der Waals surface area contributed by atoms with Gasteiger partial charge in [0.25, 0.3) is 5.91 Å².